The minimum Gasteiger partial charge on any atom is -0.377 e. The van der Waals surface area contributed by atoms with Crippen LogP contribution in [0.5, 0.6) is 0 Å². The van der Waals surface area contributed by atoms with Gasteiger partial charge in [-0.15, -0.1) is 0 Å². The Morgan fingerprint density at radius 3 is 2.76 bits per heavy atom. The fourth-order valence-corrected chi connectivity index (χ4v) is 2.50. The van der Waals surface area contributed by atoms with Gasteiger partial charge in [0.15, 0.2) is 0 Å². The van der Waals surface area contributed by atoms with Gasteiger partial charge in [-0.2, -0.15) is 0 Å². The molecule has 0 radical (unpaired) electrons. The van der Waals surface area contributed by atoms with Crippen molar-refractivity contribution < 1.29 is 4.39 Å². The van der Waals surface area contributed by atoms with Crippen molar-refractivity contribution in [2.24, 2.45) is 11.7 Å². The second kappa shape index (κ2) is 4.83. The van der Waals surface area contributed by atoms with Gasteiger partial charge in [0.05, 0.1) is 16.2 Å². The van der Waals surface area contributed by atoms with Crippen molar-refractivity contribution in [3.05, 3.63) is 29.0 Å². The first kappa shape index (κ1) is 12.7. The van der Waals surface area contributed by atoms with E-state index in [0.717, 1.165) is 6.42 Å². The molecule has 0 aromatic heterocycles. The van der Waals surface area contributed by atoms with Crippen LogP contribution < -0.4 is 11.1 Å². The Balaban J connectivity index is 2.25. The molecule has 1 unspecified atom stereocenters. The average Bonchev–Trinajstić information content (AvgIpc) is 3.15. The summed E-state index contributed by atoms with van der Waals surface area (Å²) in [5, 5.41) is 3.91. The summed E-state index contributed by atoms with van der Waals surface area (Å²) in [4.78, 5) is 0. The van der Waals surface area contributed by atoms with Crippen molar-refractivity contribution in [1.82, 2.24) is 0 Å². The third-order valence-electron chi connectivity index (χ3n) is 3.67. The van der Waals surface area contributed by atoms with Gasteiger partial charge >= 0.3 is 0 Å². The molecule has 2 rings (SSSR count). The van der Waals surface area contributed by atoms with Crippen LogP contribution in [0.1, 0.15) is 26.2 Å². The Bertz CT molecular complexity index is 400. The maximum Gasteiger partial charge on any atom is 0.125 e. The van der Waals surface area contributed by atoms with E-state index in [1.54, 1.807) is 6.07 Å². The van der Waals surface area contributed by atoms with Crippen molar-refractivity contribution in [3.8, 4) is 0 Å². The molecule has 0 spiro atoms. The highest BCUT2D eigenvalue weighted by atomic mass is 35.5. The van der Waals surface area contributed by atoms with E-state index in [0.29, 0.717) is 23.2 Å². The van der Waals surface area contributed by atoms with Crippen molar-refractivity contribution in [1.29, 1.82) is 0 Å². The highest BCUT2D eigenvalue weighted by Crippen LogP contribution is 2.43. The van der Waals surface area contributed by atoms with E-state index in [4.69, 9.17) is 17.3 Å². The molecular weight excluding hydrogens is 239 g/mol. The smallest absolute Gasteiger partial charge is 0.125 e. The maximum absolute atomic E-state index is 13.2. The molecular formula is C13H18ClFN2. The van der Waals surface area contributed by atoms with Crippen LogP contribution in [0, 0.1) is 11.7 Å². The van der Waals surface area contributed by atoms with E-state index in [-0.39, 0.29) is 11.4 Å². The molecule has 17 heavy (non-hydrogen) atoms. The number of nitrogens with two attached hydrogens (primary N) is 1. The first-order chi connectivity index (χ1) is 8.11. The van der Waals surface area contributed by atoms with Crippen molar-refractivity contribution in [3.63, 3.8) is 0 Å². The van der Waals surface area contributed by atoms with E-state index < -0.39 is 0 Å². The van der Waals surface area contributed by atoms with Gasteiger partial charge < -0.3 is 11.1 Å². The molecule has 0 saturated heterocycles. The van der Waals surface area contributed by atoms with Crippen LogP contribution in [-0.2, 0) is 0 Å². The number of anilines is 1. The van der Waals surface area contributed by atoms with Gasteiger partial charge in [-0.25, -0.2) is 4.39 Å². The predicted molar refractivity (Wildman–Crippen MR) is 69.8 cm³/mol. The van der Waals surface area contributed by atoms with Gasteiger partial charge in [0.1, 0.15) is 5.82 Å². The van der Waals surface area contributed by atoms with Gasteiger partial charge in [0, 0.05) is 6.54 Å². The van der Waals surface area contributed by atoms with Gasteiger partial charge in [0.25, 0.3) is 0 Å². The summed E-state index contributed by atoms with van der Waals surface area (Å²) in [6.45, 7) is 2.65. The maximum atomic E-state index is 13.2. The molecule has 1 aliphatic rings. The lowest BCUT2D eigenvalue weighted by Crippen LogP contribution is -2.47. The second-order valence-electron chi connectivity index (χ2n) is 4.74. The van der Waals surface area contributed by atoms with E-state index in [2.05, 4.69) is 12.2 Å². The molecule has 1 aromatic carbocycles. The van der Waals surface area contributed by atoms with E-state index >= 15 is 0 Å². The fraction of sp³-hybridized carbons (Fsp3) is 0.538. The Hall–Kier alpha value is -0.800. The molecule has 1 saturated carbocycles. The first-order valence-corrected chi connectivity index (χ1v) is 6.42. The number of hydrogen-bond donors (Lipinski definition) is 2. The number of nitrogens with one attached hydrogen (secondary N) is 1. The standard InChI is InChI=1S/C13H18ClFN2/c1-2-13(8-16,9-3-4-9)17-12-7-10(15)5-6-11(12)14/h5-7,9,17H,2-4,8,16H2,1H3. The number of rotatable bonds is 5. The fourth-order valence-electron chi connectivity index (χ4n) is 2.34. The molecule has 1 aromatic rings. The number of halogens is 2. The molecule has 3 N–H and O–H groups in total. The number of benzene rings is 1. The van der Waals surface area contributed by atoms with Crippen LogP contribution in [0.2, 0.25) is 5.02 Å². The van der Waals surface area contributed by atoms with Gasteiger partial charge in [-0.05, 0) is 43.4 Å². The quantitative estimate of drug-likeness (QED) is 0.847. The first-order valence-electron chi connectivity index (χ1n) is 6.04. The third kappa shape index (κ3) is 2.55. The van der Waals surface area contributed by atoms with Crippen LogP contribution in [-0.4, -0.2) is 12.1 Å². The zero-order chi connectivity index (χ0) is 12.5. The van der Waals surface area contributed by atoms with Crippen molar-refractivity contribution >= 4 is 17.3 Å². The number of hydrogen-bond acceptors (Lipinski definition) is 2. The highest BCUT2D eigenvalue weighted by Gasteiger charge is 2.43. The zero-order valence-electron chi connectivity index (χ0n) is 9.97. The van der Waals surface area contributed by atoms with Crippen LogP contribution in [0.4, 0.5) is 10.1 Å². The van der Waals surface area contributed by atoms with E-state index in [9.17, 15) is 4.39 Å². The summed E-state index contributed by atoms with van der Waals surface area (Å²) in [6.07, 6.45) is 3.29. The SMILES string of the molecule is CCC(CN)(Nc1cc(F)ccc1Cl)C1CC1. The van der Waals surface area contributed by atoms with Crippen LogP contribution >= 0.6 is 11.6 Å². The minimum atomic E-state index is -0.283. The lowest BCUT2D eigenvalue weighted by atomic mass is 9.89. The highest BCUT2D eigenvalue weighted by molar-refractivity contribution is 6.33. The lowest BCUT2D eigenvalue weighted by molar-refractivity contribution is 0.404. The Kier molecular flexibility index (Phi) is 3.59. The summed E-state index contributed by atoms with van der Waals surface area (Å²) >= 11 is 6.07. The molecule has 1 atom stereocenters. The molecule has 4 heteroatoms. The molecule has 2 nitrogen and oxygen atoms in total. The normalized spacial score (nSPS) is 18.8. The summed E-state index contributed by atoms with van der Waals surface area (Å²) in [6, 6.07) is 4.37. The third-order valence-corrected chi connectivity index (χ3v) is 4.00. The predicted octanol–water partition coefficient (Wildman–Crippen LogP) is 3.41. The Labute approximate surface area is 106 Å². The van der Waals surface area contributed by atoms with E-state index in [1.165, 1.54) is 25.0 Å². The largest absolute Gasteiger partial charge is 0.377 e. The van der Waals surface area contributed by atoms with Gasteiger partial charge in [-0.3, -0.25) is 0 Å². The summed E-state index contributed by atoms with van der Waals surface area (Å²) in [5.74, 6) is 0.298. The average molecular weight is 257 g/mol. The van der Waals surface area contributed by atoms with Crippen LogP contribution in [0.15, 0.2) is 18.2 Å². The molecule has 0 heterocycles. The molecule has 1 aliphatic carbocycles. The van der Waals surface area contributed by atoms with Gasteiger partial charge in [-0.1, -0.05) is 18.5 Å². The Morgan fingerprint density at radius 2 is 2.24 bits per heavy atom. The van der Waals surface area contributed by atoms with Crippen LogP contribution in [0.25, 0.3) is 0 Å². The van der Waals surface area contributed by atoms with E-state index in [1.807, 2.05) is 0 Å². The summed E-state index contributed by atoms with van der Waals surface area (Å²) < 4.78 is 13.2. The molecule has 0 aliphatic heterocycles. The lowest BCUT2D eigenvalue weighted by Gasteiger charge is -2.34. The van der Waals surface area contributed by atoms with Crippen molar-refractivity contribution in [2.75, 3.05) is 11.9 Å². The molecule has 94 valence electrons. The molecule has 1 fully saturated rings. The molecule has 0 amide bonds. The van der Waals surface area contributed by atoms with Gasteiger partial charge in [0.2, 0.25) is 0 Å². The molecule has 0 bridgehead atoms. The summed E-state index contributed by atoms with van der Waals surface area (Å²) in [7, 11) is 0. The topological polar surface area (TPSA) is 38.0 Å². The summed E-state index contributed by atoms with van der Waals surface area (Å²) in [5.41, 5.74) is 6.40. The zero-order valence-corrected chi connectivity index (χ0v) is 10.7. The van der Waals surface area contributed by atoms with Crippen LogP contribution in [0.3, 0.4) is 0 Å². The minimum absolute atomic E-state index is 0.141. The second-order valence-corrected chi connectivity index (χ2v) is 5.14. The van der Waals surface area contributed by atoms with Crippen molar-refractivity contribution in [2.45, 2.75) is 31.7 Å². The monoisotopic (exact) mass is 256 g/mol. The Morgan fingerprint density at radius 1 is 1.53 bits per heavy atom.